The topological polar surface area (TPSA) is 75.6 Å². The third-order valence-corrected chi connectivity index (χ3v) is 5.87. The normalized spacial score (nSPS) is 24.9. The number of sulfone groups is 1. The molecule has 1 fully saturated rings. The minimum absolute atomic E-state index is 0.139. The molecule has 2 N–H and O–H groups in total. The molecule has 3 atom stereocenters. The first kappa shape index (κ1) is 17.9. The SMILES string of the molecule is CC(C)CC(C)OCC(O)CNCC1CCCS1(=O)=O. The molecule has 3 unspecified atom stereocenters. The van der Waals surface area contributed by atoms with Crippen LogP contribution in [0.5, 0.6) is 0 Å². The zero-order valence-electron chi connectivity index (χ0n) is 12.8. The Bertz CT molecular complexity index is 369. The van der Waals surface area contributed by atoms with E-state index in [1.807, 2.05) is 6.92 Å². The maximum atomic E-state index is 11.6. The largest absolute Gasteiger partial charge is 0.389 e. The molecule has 0 spiro atoms. The van der Waals surface area contributed by atoms with Crippen molar-refractivity contribution in [3.8, 4) is 0 Å². The fourth-order valence-corrected chi connectivity index (χ4v) is 4.36. The van der Waals surface area contributed by atoms with Crippen molar-refractivity contribution in [2.75, 3.05) is 25.4 Å². The van der Waals surface area contributed by atoms with Gasteiger partial charge in [-0.05, 0) is 32.1 Å². The maximum absolute atomic E-state index is 11.6. The van der Waals surface area contributed by atoms with Crippen LogP contribution in [0.2, 0.25) is 0 Å². The average Bonchev–Trinajstić information content (AvgIpc) is 2.65. The van der Waals surface area contributed by atoms with E-state index in [2.05, 4.69) is 19.2 Å². The summed E-state index contributed by atoms with van der Waals surface area (Å²) in [7, 11) is -2.90. The van der Waals surface area contributed by atoms with Gasteiger partial charge >= 0.3 is 0 Å². The Morgan fingerprint density at radius 1 is 1.35 bits per heavy atom. The lowest BCUT2D eigenvalue weighted by molar-refractivity contribution is -0.00841. The van der Waals surface area contributed by atoms with Crippen molar-refractivity contribution in [2.45, 2.75) is 57.5 Å². The lowest BCUT2D eigenvalue weighted by atomic mass is 10.1. The van der Waals surface area contributed by atoms with Gasteiger partial charge < -0.3 is 15.2 Å². The molecule has 0 aromatic carbocycles. The lowest BCUT2D eigenvalue weighted by Gasteiger charge is -2.19. The van der Waals surface area contributed by atoms with Crippen LogP contribution in [0.1, 0.15) is 40.0 Å². The third kappa shape index (κ3) is 6.52. The van der Waals surface area contributed by atoms with Crippen LogP contribution in [0.3, 0.4) is 0 Å². The van der Waals surface area contributed by atoms with Crippen LogP contribution in [-0.4, -0.2) is 56.4 Å². The average molecular weight is 307 g/mol. The molecule has 0 amide bonds. The van der Waals surface area contributed by atoms with E-state index in [1.165, 1.54) is 0 Å². The Labute approximate surface area is 123 Å². The Morgan fingerprint density at radius 2 is 2.05 bits per heavy atom. The van der Waals surface area contributed by atoms with Gasteiger partial charge in [-0.2, -0.15) is 0 Å². The highest BCUT2D eigenvalue weighted by Crippen LogP contribution is 2.18. The second-order valence-electron chi connectivity index (χ2n) is 6.22. The van der Waals surface area contributed by atoms with E-state index in [-0.39, 0.29) is 18.0 Å². The van der Waals surface area contributed by atoms with Gasteiger partial charge in [-0.15, -0.1) is 0 Å². The molecule has 1 saturated heterocycles. The Kier molecular flexibility index (Phi) is 7.43. The van der Waals surface area contributed by atoms with Crippen LogP contribution in [0.15, 0.2) is 0 Å². The van der Waals surface area contributed by atoms with Crippen molar-refractivity contribution >= 4 is 9.84 Å². The van der Waals surface area contributed by atoms with Gasteiger partial charge in [-0.25, -0.2) is 8.42 Å². The molecule has 0 radical (unpaired) electrons. The van der Waals surface area contributed by atoms with Gasteiger partial charge in [0.25, 0.3) is 0 Å². The van der Waals surface area contributed by atoms with Gasteiger partial charge in [-0.3, -0.25) is 0 Å². The second kappa shape index (κ2) is 8.32. The second-order valence-corrected chi connectivity index (χ2v) is 8.62. The van der Waals surface area contributed by atoms with Gasteiger partial charge in [0.05, 0.1) is 29.8 Å². The molecular weight excluding hydrogens is 278 g/mol. The predicted octanol–water partition coefficient (Wildman–Crippen LogP) is 0.965. The summed E-state index contributed by atoms with van der Waals surface area (Å²) < 4.78 is 28.8. The van der Waals surface area contributed by atoms with Crippen LogP contribution in [0.4, 0.5) is 0 Å². The van der Waals surface area contributed by atoms with E-state index in [1.54, 1.807) is 0 Å². The highest BCUT2D eigenvalue weighted by molar-refractivity contribution is 7.92. The molecule has 1 aliphatic rings. The quantitative estimate of drug-likeness (QED) is 0.664. The first-order valence-electron chi connectivity index (χ1n) is 7.53. The van der Waals surface area contributed by atoms with E-state index >= 15 is 0 Å². The third-order valence-electron chi connectivity index (χ3n) is 3.59. The zero-order chi connectivity index (χ0) is 15.2. The van der Waals surface area contributed by atoms with Crippen LogP contribution in [0, 0.1) is 5.92 Å². The van der Waals surface area contributed by atoms with E-state index < -0.39 is 15.9 Å². The molecule has 6 heteroatoms. The fraction of sp³-hybridized carbons (Fsp3) is 1.00. The number of ether oxygens (including phenoxy) is 1. The van der Waals surface area contributed by atoms with Gasteiger partial charge in [0, 0.05) is 13.1 Å². The zero-order valence-corrected chi connectivity index (χ0v) is 13.7. The lowest BCUT2D eigenvalue weighted by Crippen LogP contribution is -2.37. The number of nitrogens with one attached hydrogen (secondary N) is 1. The molecule has 0 saturated carbocycles. The number of hydrogen-bond donors (Lipinski definition) is 2. The van der Waals surface area contributed by atoms with Crippen molar-refractivity contribution in [3.63, 3.8) is 0 Å². The minimum Gasteiger partial charge on any atom is -0.389 e. The summed E-state index contributed by atoms with van der Waals surface area (Å²) in [6, 6.07) is 0. The summed E-state index contributed by atoms with van der Waals surface area (Å²) in [4.78, 5) is 0. The fourth-order valence-electron chi connectivity index (χ4n) is 2.56. The summed E-state index contributed by atoms with van der Waals surface area (Å²) in [5.41, 5.74) is 0. The van der Waals surface area contributed by atoms with Crippen molar-refractivity contribution in [1.29, 1.82) is 0 Å². The first-order chi connectivity index (χ1) is 9.31. The molecular formula is C14H29NO4S. The monoisotopic (exact) mass is 307 g/mol. The van der Waals surface area contributed by atoms with Crippen LogP contribution >= 0.6 is 0 Å². The molecule has 0 aromatic heterocycles. The summed E-state index contributed by atoms with van der Waals surface area (Å²) in [6.07, 6.45) is 2.01. The molecule has 5 nitrogen and oxygen atoms in total. The predicted molar refractivity (Wildman–Crippen MR) is 80.6 cm³/mol. The Hall–Kier alpha value is -0.170. The van der Waals surface area contributed by atoms with Crippen molar-refractivity contribution < 1.29 is 18.3 Å². The molecule has 1 aliphatic heterocycles. The summed E-state index contributed by atoms with van der Waals surface area (Å²) in [6.45, 7) is 7.38. The van der Waals surface area contributed by atoms with Gasteiger partial charge in [0.1, 0.15) is 0 Å². The van der Waals surface area contributed by atoms with Crippen molar-refractivity contribution in [1.82, 2.24) is 5.32 Å². The summed E-state index contributed by atoms with van der Waals surface area (Å²) >= 11 is 0. The van der Waals surface area contributed by atoms with Gasteiger partial charge in [-0.1, -0.05) is 13.8 Å². The van der Waals surface area contributed by atoms with E-state index in [0.29, 0.717) is 24.8 Å². The molecule has 0 bridgehead atoms. The van der Waals surface area contributed by atoms with E-state index in [4.69, 9.17) is 4.74 Å². The first-order valence-corrected chi connectivity index (χ1v) is 9.24. The number of rotatable bonds is 9. The molecule has 20 heavy (non-hydrogen) atoms. The van der Waals surface area contributed by atoms with Crippen LogP contribution in [-0.2, 0) is 14.6 Å². The number of hydrogen-bond acceptors (Lipinski definition) is 5. The Balaban J connectivity index is 2.13. The van der Waals surface area contributed by atoms with Crippen molar-refractivity contribution in [2.24, 2.45) is 5.92 Å². The smallest absolute Gasteiger partial charge is 0.154 e. The minimum atomic E-state index is -2.90. The highest BCUT2D eigenvalue weighted by Gasteiger charge is 2.30. The molecule has 0 aromatic rings. The molecule has 0 aliphatic carbocycles. The molecule has 1 rings (SSSR count). The number of aliphatic hydroxyl groups is 1. The van der Waals surface area contributed by atoms with E-state index in [0.717, 1.165) is 19.3 Å². The van der Waals surface area contributed by atoms with E-state index in [9.17, 15) is 13.5 Å². The van der Waals surface area contributed by atoms with Gasteiger partial charge in [0.15, 0.2) is 9.84 Å². The number of aliphatic hydroxyl groups excluding tert-OH is 1. The summed E-state index contributed by atoms with van der Waals surface area (Å²) in [5.74, 6) is 0.880. The Morgan fingerprint density at radius 3 is 2.60 bits per heavy atom. The van der Waals surface area contributed by atoms with Gasteiger partial charge in [0.2, 0.25) is 0 Å². The van der Waals surface area contributed by atoms with Crippen LogP contribution < -0.4 is 5.32 Å². The van der Waals surface area contributed by atoms with Crippen molar-refractivity contribution in [3.05, 3.63) is 0 Å². The van der Waals surface area contributed by atoms with Crippen LogP contribution in [0.25, 0.3) is 0 Å². The standard InChI is InChI=1S/C14H29NO4S/c1-11(2)7-12(3)19-10-13(16)8-15-9-14-5-4-6-20(14,17)18/h11-16H,4-10H2,1-3H3. The molecule has 1 heterocycles. The maximum Gasteiger partial charge on any atom is 0.154 e. The summed E-state index contributed by atoms with van der Waals surface area (Å²) in [5, 5.41) is 12.6. The highest BCUT2D eigenvalue weighted by atomic mass is 32.2. The molecule has 120 valence electrons.